The van der Waals surface area contributed by atoms with E-state index in [2.05, 4.69) is 10.3 Å². The highest BCUT2D eigenvalue weighted by Crippen LogP contribution is 2.27. The molecule has 6 heteroatoms. The fourth-order valence-electron chi connectivity index (χ4n) is 2.34. The number of benzene rings is 2. The molecule has 25 heavy (non-hydrogen) atoms. The van der Waals surface area contributed by atoms with Crippen molar-refractivity contribution in [2.24, 2.45) is 0 Å². The Morgan fingerprint density at radius 3 is 2.32 bits per heavy atom. The first-order valence-electron chi connectivity index (χ1n) is 7.82. The average Bonchev–Trinajstić information content (AvgIpc) is 3.16. The zero-order valence-corrected chi connectivity index (χ0v) is 14.3. The Hall–Kier alpha value is -2.99. The van der Waals surface area contributed by atoms with Crippen LogP contribution in [0.5, 0.6) is 0 Å². The van der Waals surface area contributed by atoms with Crippen LogP contribution < -0.4 is 10.2 Å². The molecular formula is C19H17N3O2S. The number of amides is 2. The summed E-state index contributed by atoms with van der Waals surface area (Å²) in [5.41, 5.74) is 1.68. The summed E-state index contributed by atoms with van der Waals surface area (Å²) in [5.74, 6) is -0.627. The number of hydrogen-bond acceptors (Lipinski definition) is 4. The van der Waals surface area contributed by atoms with E-state index in [-0.39, 0.29) is 18.2 Å². The monoisotopic (exact) mass is 351 g/mol. The molecule has 0 fully saturated rings. The molecule has 0 aliphatic rings. The minimum absolute atomic E-state index is 0.235. The highest BCUT2D eigenvalue weighted by atomic mass is 32.1. The maximum absolute atomic E-state index is 12.7. The van der Waals surface area contributed by atoms with Crippen LogP contribution in [0.25, 0.3) is 0 Å². The van der Waals surface area contributed by atoms with Gasteiger partial charge in [0.05, 0.1) is 5.69 Å². The van der Waals surface area contributed by atoms with E-state index in [4.69, 9.17) is 0 Å². The van der Waals surface area contributed by atoms with Gasteiger partial charge >= 0.3 is 0 Å². The quantitative estimate of drug-likeness (QED) is 0.691. The lowest BCUT2D eigenvalue weighted by Crippen LogP contribution is -2.32. The maximum atomic E-state index is 12.7. The zero-order valence-electron chi connectivity index (χ0n) is 13.5. The zero-order chi connectivity index (χ0) is 17.5. The van der Waals surface area contributed by atoms with Crippen LogP contribution in [0, 0.1) is 0 Å². The van der Waals surface area contributed by atoms with Crippen molar-refractivity contribution in [3.63, 3.8) is 0 Å². The lowest BCUT2D eigenvalue weighted by Gasteiger charge is -2.19. The Labute approximate surface area is 149 Å². The second kappa shape index (κ2) is 8.21. The van der Waals surface area contributed by atoms with Crippen molar-refractivity contribution < 1.29 is 9.59 Å². The topological polar surface area (TPSA) is 62.3 Å². The molecule has 0 atom stereocenters. The summed E-state index contributed by atoms with van der Waals surface area (Å²) in [6.45, 7) is 0.398. The van der Waals surface area contributed by atoms with Crippen molar-refractivity contribution in [3.8, 4) is 0 Å². The summed E-state index contributed by atoms with van der Waals surface area (Å²) in [7, 11) is 0. The van der Waals surface area contributed by atoms with E-state index in [1.165, 1.54) is 16.2 Å². The smallest absolute Gasteiger partial charge is 0.242 e. The fraction of sp³-hybridized carbons (Fsp3) is 0.105. The number of para-hydroxylation sites is 1. The van der Waals surface area contributed by atoms with Gasteiger partial charge < -0.3 is 5.32 Å². The van der Waals surface area contributed by atoms with Crippen molar-refractivity contribution in [2.75, 3.05) is 4.90 Å². The largest absolute Gasteiger partial charge is 0.352 e. The standard InChI is InChI=1S/C19H17N3O2S/c23-17(21-14-15-7-3-1-4-8-15)13-18(24)22(19-20-11-12-25-19)16-9-5-2-6-10-16/h1-12H,13-14H2,(H,21,23). The van der Waals surface area contributed by atoms with Crippen LogP contribution in [0.3, 0.4) is 0 Å². The number of rotatable bonds is 6. The molecule has 2 amide bonds. The van der Waals surface area contributed by atoms with Crippen LogP contribution in [0.1, 0.15) is 12.0 Å². The summed E-state index contributed by atoms with van der Waals surface area (Å²) in [6, 6.07) is 18.8. The van der Waals surface area contributed by atoms with Gasteiger partial charge in [0.15, 0.2) is 5.13 Å². The van der Waals surface area contributed by atoms with E-state index in [1.807, 2.05) is 60.7 Å². The molecule has 0 radical (unpaired) electrons. The van der Waals surface area contributed by atoms with Gasteiger partial charge in [-0.1, -0.05) is 48.5 Å². The summed E-state index contributed by atoms with van der Waals surface area (Å²) >= 11 is 1.35. The third kappa shape index (κ3) is 4.51. The molecule has 3 aromatic rings. The number of carbonyl (C=O) groups is 2. The van der Waals surface area contributed by atoms with Crippen molar-refractivity contribution in [2.45, 2.75) is 13.0 Å². The van der Waals surface area contributed by atoms with E-state index in [9.17, 15) is 9.59 Å². The molecule has 3 rings (SSSR count). The highest BCUT2D eigenvalue weighted by Gasteiger charge is 2.22. The van der Waals surface area contributed by atoms with Gasteiger partial charge in [-0.15, -0.1) is 11.3 Å². The van der Waals surface area contributed by atoms with Crippen molar-refractivity contribution >= 4 is 34.0 Å². The molecule has 1 aromatic heterocycles. The van der Waals surface area contributed by atoms with Gasteiger partial charge in [0.2, 0.25) is 11.8 Å². The van der Waals surface area contributed by atoms with Crippen molar-refractivity contribution in [1.82, 2.24) is 10.3 Å². The predicted octanol–water partition coefficient (Wildman–Crippen LogP) is 3.51. The van der Waals surface area contributed by atoms with Crippen LogP contribution in [-0.2, 0) is 16.1 Å². The Morgan fingerprint density at radius 1 is 1.00 bits per heavy atom. The molecule has 5 nitrogen and oxygen atoms in total. The van der Waals surface area contributed by atoms with Gasteiger partial charge in [0.25, 0.3) is 0 Å². The maximum Gasteiger partial charge on any atom is 0.242 e. The number of anilines is 2. The first kappa shape index (κ1) is 16.9. The van der Waals surface area contributed by atoms with Gasteiger partial charge in [-0.25, -0.2) is 4.98 Å². The molecule has 0 unspecified atom stereocenters. The lowest BCUT2D eigenvalue weighted by molar-refractivity contribution is -0.127. The number of hydrogen-bond donors (Lipinski definition) is 1. The van der Waals surface area contributed by atoms with Crippen LogP contribution in [0.4, 0.5) is 10.8 Å². The molecule has 0 saturated carbocycles. The molecule has 0 spiro atoms. The number of aromatic nitrogens is 1. The number of nitrogens with one attached hydrogen (secondary N) is 1. The number of thiazole rings is 1. The molecule has 0 saturated heterocycles. The highest BCUT2D eigenvalue weighted by molar-refractivity contribution is 7.13. The van der Waals surface area contributed by atoms with Crippen LogP contribution in [-0.4, -0.2) is 16.8 Å². The molecule has 0 aliphatic carbocycles. The van der Waals surface area contributed by atoms with Crippen molar-refractivity contribution in [1.29, 1.82) is 0 Å². The van der Waals surface area contributed by atoms with E-state index in [1.54, 1.807) is 11.6 Å². The van der Waals surface area contributed by atoms with E-state index in [0.29, 0.717) is 17.4 Å². The molecule has 1 N–H and O–H groups in total. The summed E-state index contributed by atoms with van der Waals surface area (Å²) in [5, 5.41) is 5.13. The minimum atomic E-state index is -0.314. The molecule has 0 bridgehead atoms. The van der Waals surface area contributed by atoms with Gasteiger partial charge in [0.1, 0.15) is 6.42 Å². The Balaban J connectivity index is 1.67. The number of carbonyl (C=O) groups excluding carboxylic acids is 2. The third-order valence-corrected chi connectivity index (χ3v) is 4.28. The fourth-order valence-corrected chi connectivity index (χ4v) is 3.02. The molecule has 126 valence electrons. The second-order valence-electron chi connectivity index (χ2n) is 5.32. The average molecular weight is 351 g/mol. The van der Waals surface area contributed by atoms with Crippen LogP contribution in [0.15, 0.2) is 72.2 Å². The molecule has 1 heterocycles. The predicted molar refractivity (Wildman–Crippen MR) is 98.6 cm³/mol. The molecule has 0 aliphatic heterocycles. The summed E-state index contributed by atoms with van der Waals surface area (Å²) in [6.07, 6.45) is 1.40. The van der Waals surface area contributed by atoms with E-state index in [0.717, 1.165) is 5.56 Å². The van der Waals surface area contributed by atoms with Gasteiger partial charge in [-0.2, -0.15) is 0 Å². The Bertz CT molecular complexity index is 820. The van der Waals surface area contributed by atoms with Gasteiger partial charge in [-0.3, -0.25) is 14.5 Å². The first-order chi connectivity index (χ1) is 12.2. The van der Waals surface area contributed by atoms with Crippen LogP contribution >= 0.6 is 11.3 Å². The second-order valence-corrected chi connectivity index (χ2v) is 6.19. The van der Waals surface area contributed by atoms with E-state index < -0.39 is 0 Å². The van der Waals surface area contributed by atoms with Gasteiger partial charge in [0, 0.05) is 18.1 Å². The Kier molecular flexibility index (Phi) is 5.53. The lowest BCUT2D eigenvalue weighted by atomic mass is 10.2. The van der Waals surface area contributed by atoms with E-state index >= 15 is 0 Å². The summed E-state index contributed by atoms with van der Waals surface area (Å²) < 4.78 is 0. The van der Waals surface area contributed by atoms with Crippen molar-refractivity contribution in [3.05, 3.63) is 77.8 Å². The SMILES string of the molecule is O=C(CC(=O)N(c1ccccc1)c1nccs1)NCc1ccccc1. The van der Waals surface area contributed by atoms with Gasteiger partial charge in [-0.05, 0) is 17.7 Å². The third-order valence-electron chi connectivity index (χ3n) is 3.52. The minimum Gasteiger partial charge on any atom is -0.352 e. The normalized spacial score (nSPS) is 10.2. The number of nitrogens with zero attached hydrogens (tertiary/aromatic N) is 2. The first-order valence-corrected chi connectivity index (χ1v) is 8.70. The summed E-state index contributed by atoms with van der Waals surface area (Å²) in [4.78, 5) is 30.5. The van der Waals surface area contributed by atoms with Crippen LogP contribution in [0.2, 0.25) is 0 Å². The molecule has 2 aromatic carbocycles. The Morgan fingerprint density at radius 2 is 1.68 bits per heavy atom. The molecular weight excluding hydrogens is 334 g/mol.